The summed E-state index contributed by atoms with van der Waals surface area (Å²) in [5, 5.41) is 13.4. The molecule has 5 nitrogen and oxygen atoms in total. The molecule has 176 valence electrons. The zero-order valence-corrected chi connectivity index (χ0v) is 21.1. The first kappa shape index (κ1) is 22.9. The fourth-order valence-corrected chi connectivity index (χ4v) is 5.64. The Hall–Kier alpha value is -3.58. The number of carbonyl (C=O) groups excluding carboxylic acids is 1. The molecule has 36 heavy (non-hydrogen) atoms. The lowest BCUT2D eigenvalue weighted by atomic mass is 10.1. The van der Waals surface area contributed by atoms with Crippen LogP contribution in [0.25, 0.3) is 22.7 Å². The second-order valence-corrected chi connectivity index (χ2v) is 10.1. The largest absolute Gasteiger partial charge is 0.342 e. The highest BCUT2D eigenvalue weighted by atomic mass is 35.5. The minimum atomic E-state index is -0.414. The van der Waals surface area contributed by atoms with E-state index < -0.39 is 5.91 Å². The molecule has 0 radical (unpaired) electrons. The summed E-state index contributed by atoms with van der Waals surface area (Å²) in [6.07, 6.45) is 3.76. The van der Waals surface area contributed by atoms with Gasteiger partial charge in [-0.15, -0.1) is 0 Å². The quantitative estimate of drug-likeness (QED) is 0.282. The lowest BCUT2D eigenvalue weighted by Gasteiger charge is -2.26. The van der Waals surface area contributed by atoms with Crippen LogP contribution in [0.1, 0.15) is 16.7 Å². The first-order chi connectivity index (χ1) is 17.5. The molecule has 0 saturated carbocycles. The molecule has 3 heterocycles. The van der Waals surface area contributed by atoms with E-state index in [9.17, 15) is 4.79 Å². The Bertz CT molecular complexity index is 1650. The molecule has 0 unspecified atom stereocenters. The van der Waals surface area contributed by atoms with Crippen LogP contribution in [0.2, 0.25) is 10.0 Å². The third-order valence-electron chi connectivity index (χ3n) is 6.14. The smallest absolute Gasteiger partial charge is 0.283 e. The standard InChI is InChI=1S/C28H18Cl2N4OS/c29-22-11-10-17(12-23(22)30)14-33-15-19(20-8-4-5-9-24(20)33)13-21-26(31)34-25(18-6-2-1-3-7-18)16-36-28(34)32-27(21)35/h1-13,15-16,31H,14H2/b21-13-,31-26?. The van der Waals surface area contributed by atoms with Crippen LogP contribution < -0.4 is 0 Å². The summed E-state index contributed by atoms with van der Waals surface area (Å²) in [6, 6.07) is 23.4. The average Bonchev–Trinajstić information content (AvgIpc) is 3.46. The highest BCUT2D eigenvalue weighted by Gasteiger charge is 2.36. The lowest BCUT2D eigenvalue weighted by Crippen LogP contribution is -2.37. The van der Waals surface area contributed by atoms with Crippen molar-refractivity contribution in [3.05, 3.63) is 117 Å². The van der Waals surface area contributed by atoms with Gasteiger partial charge >= 0.3 is 0 Å². The second kappa shape index (κ2) is 9.13. The van der Waals surface area contributed by atoms with E-state index >= 15 is 0 Å². The van der Waals surface area contributed by atoms with E-state index in [-0.39, 0.29) is 11.4 Å². The molecule has 0 bridgehead atoms. The van der Waals surface area contributed by atoms with Gasteiger partial charge in [-0.2, -0.15) is 4.99 Å². The van der Waals surface area contributed by atoms with Gasteiger partial charge in [0.2, 0.25) is 0 Å². The molecule has 1 amide bonds. The van der Waals surface area contributed by atoms with E-state index in [2.05, 4.69) is 9.56 Å². The van der Waals surface area contributed by atoms with Gasteiger partial charge < -0.3 is 4.57 Å². The van der Waals surface area contributed by atoms with Gasteiger partial charge in [-0.25, -0.2) is 0 Å². The number of nitrogens with one attached hydrogen (secondary N) is 1. The van der Waals surface area contributed by atoms with Crippen LogP contribution in [0.5, 0.6) is 0 Å². The van der Waals surface area contributed by atoms with Crippen molar-refractivity contribution in [1.82, 2.24) is 9.47 Å². The van der Waals surface area contributed by atoms with Crippen LogP contribution in [0.3, 0.4) is 0 Å². The molecule has 0 fully saturated rings. The molecule has 0 saturated heterocycles. The summed E-state index contributed by atoms with van der Waals surface area (Å²) in [4.78, 5) is 19.0. The van der Waals surface area contributed by atoms with Gasteiger partial charge in [0, 0.05) is 34.6 Å². The molecular weight excluding hydrogens is 511 g/mol. The molecule has 1 N–H and O–H groups in total. The van der Waals surface area contributed by atoms with E-state index in [0.29, 0.717) is 21.8 Å². The number of aromatic nitrogens is 1. The number of thioether (sulfide) groups is 1. The van der Waals surface area contributed by atoms with Gasteiger partial charge in [-0.05, 0) is 35.4 Å². The van der Waals surface area contributed by atoms with Gasteiger partial charge in [0.05, 0.1) is 21.3 Å². The second-order valence-electron chi connectivity index (χ2n) is 8.41. The molecule has 6 rings (SSSR count). The van der Waals surface area contributed by atoms with Crippen molar-refractivity contribution in [3.8, 4) is 0 Å². The molecule has 3 aromatic carbocycles. The zero-order chi connectivity index (χ0) is 24.8. The van der Waals surface area contributed by atoms with E-state index in [1.165, 1.54) is 11.8 Å². The van der Waals surface area contributed by atoms with Crippen molar-refractivity contribution < 1.29 is 4.79 Å². The first-order valence-corrected chi connectivity index (χ1v) is 12.8. The number of para-hydroxylation sites is 1. The Labute approximate surface area is 221 Å². The number of fused-ring (bicyclic) bond motifs is 2. The maximum absolute atomic E-state index is 13.0. The van der Waals surface area contributed by atoms with E-state index in [1.54, 1.807) is 17.0 Å². The third-order valence-corrected chi connectivity index (χ3v) is 7.71. The summed E-state index contributed by atoms with van der Waals surface area (Å²) in [7, 11) is 0. The van der Waals surface area contributed by atoms with Crippen molar-refractivity contribution in [3.63, 3.8) is 0 Å². The topological polar surface area (TPSA) is 61.5 Å². The zero-order valence-electron chi connectivity index (χ0n) is 18.8. The molecule has 4 aromatic rings. The van der Waals surface area contributed by atoms with E-state index in [1.807, 2.05) is 78.3 Å². The molecule has 1 aromatic heterocycles. The summed E-state index contributed by atoms with van der Waals surface area (Å²) in [6.45, 7) is 0.581. The van der Waals surface area contributed by atoms with Crippen molar-refractivity contribution in [2.75, 3.05) is 0 Å². The molecule has 8 heteroatoms. The first-order valence-electron chi connectivity index (χ1n) is 11.2. The number of nitrogens with zero attached hydrogens (tertiary/aromatic N) is 3. The van der Waals surface area contributed by atoms with Gasteiger partial charge in [-0.3, -0.25) is 15.1 Å². The van der Waals surface area contributed by atoms with Crippen molar-refractivity contribution in [1.29, 1.82) is 5.41 Å². The number of hydrogen-bond donors (Lipinski definition) is 1. The van der Waals surface area contributed by atoms with Crippen LogP contribution in [0, 0.1) is 5.41 Å². The van der Waals surface area contributed by atoms with Crippen LogP contribution in [0.4, 0.5) is 0 Å². The minimum absolute atomic E-state index is 0.117. The van der Waals surface area contributed by atoms with Crippen molar-refractivity contribution >= 4 is 74.6 Å². The van der Waals surface area contributed by atoms with Crippen LogP contribution in [-0.2, 0) is 11.3 Å². The molecule has 2 aliphatic heterocycles. The van der Waals surface area contributed by atoms with Crippen LogP contribution >= 0.6 is 35.0 Å². The number of benzene rings is 3. The van der Waals surface area contributed by atoms with Crippen molar-refractivity contribution in [2.24, 2.45) is 4.99 Å². The van der Waals surface area contributed by atoms with Gasteiger partial charge in [0.1, 0.15) is 5.84 Å². The number of amides is 1. The summed E-state index contributed by atoms with van der Waals surface area (Å²) >= 11 is 13.7. The number of halogens is 2. The fourth-order valence-electron chi connectivity index (χ4n) is 4.43. The minimum Gasteiger partial charge on any atom is -0.342 e. The average molecular weight is 529 g/mol. The molecule has 0 spiro atoms. The number of hydrogen-bond acceptors (Lipinski definition) is 3. The number of aliphatic imine (C=N–C) groups is 1. The van der Waals surface area contributed by atoms with E-state index in [4.69, 9.17) is 28.6 Å². The van der Waals surface area contributed by atoms with E-state index in [0.717, 1.165) is 33.3 Å². The predicted octanol–water partition coefficient (Wildman–Crippen LogP) is 7.30. The Morgan fingerprint density at radius 2 is 1.75 bits per heavy atom. The predicted molar refractivity (Wildman–Crippen MR) is 149 cm³/mol. The van der Waals surface area contributed by atoms with Gasteiger partial charge in [-0.1, -0.05) is 89.6 Å². The molecular formula is C28H18Cl2N4OS. The highest BCUT2D eigenvalue weighted by Crippen LogP contribution is 2.38. The Morgan fingerprint density at radius 3 is 2.56 bits per heavy atom. The molecule has 2 aliphatic rings. The van der Waals surface area contributed by atoms with Crippen LogP contribution in [-0.4, -0.2) is 26.4 Å². The Morgan fingerprint density at radius 1 is 0.972 bits per heavy atom. The summed E-state index contributed by atoms with van der Waals surface area (Å²) in [5.74, 6) is -0.297. The Kier molecular flexibility index (Phi) is 5.80. The summed E-state index contributed by atoms with van der Waals surface area (Å²) < 4.78 is 2.11. The number of carbonyl (C=O) groups is 1. The van der Waals surface area contributed by atoms with Crippen LogP contribution in [0.15, 0.2) is 95.0 Å². The normalized spacial score (nSPS) is 16.5. The number of amidine groups is 2. The van der Waals surface area contributed by atoms with Gasteiger partial charge in [0.25, 0.3) is 5.91 Å². The molecule has 0 aliphatic carbocycles. The summed E-state index contributed by atoms with van der Waals surface area (Å²) in [5.41, 5.74) is 4.91. The molecule has 0 atom stereocenters. The highest BCUT2D eigenvalue weighted by molar-refractivity contribution is 8.17. The maximum Gasteiger partial charge on any atom is 0.283 e. The van der Waals surface area contributed by atoms with Crippen molar-refractivity contribution in [2.45, 2.75) is 6.54 Å². The lowest BCUT2D eigenvalue weighted by molar-refractivity contribution is -0.114. The number of rotatable bonds is 4. The third kappa shape index (κ3) is 3.97. The fraction of sp³-hybridized carbons (Fsp3) is 0.0357. The maximum atomic E-state index is 13.0. The SMILES string of the molecule is N=C1/C(=C/c2cn(Cc3ccc(Cl)c(Cl)c3)c3ccccc23)C(=O)N=C2SC=C(c3ccccc3)N12. The van der Waals surface area contributed by atoms with Gasteiger partial charge in [0.15, 0.2) is 5.17 Å². The Balaban J connectivity index is 1.40. The monoisotopic (exact) mass is 528 g/mol.